The van der Waals surface area contributed by atoms with Gasteiger partial charge in [0.25, 0.3) is 0 Å². The Morgan fingerprint density at radius 2 is 2.12 bits per heavy atom. The highest BCUT2D eigenvalue weighted by molar-refractivity contribution is 7.07. The van der Waals surface area contributed by atoms with Crippen molar-refractivity contribution in [3.63, 3.8) is 0 Å². The number of aryl methyl sites for hydroxylation is 1. The minimum Gasteiger partial charge on any atom is -0.313 e. The highest BCUT2D eigenvalue weighted by Gasteiger charge is 2.29. The number of hydrogen-bond donors (Lipinski definition) is 1. The average molecular weight is 251 g/mol. The van der Waals surface area contributed by atoms with E-state index in [0.29, 0.717) is 5.41 Å². The number of rotatable bonds is 8. The summed E-state index contributed by atoms with van der Waals surface area (Å²) in [5.41, 5.74) is 2.04. The van der Waals surface area contributed by atoms with E-state index >= 15 is 0 Å². The quantitative estimate of drug-likeness (QED) is 0.728. The first-order valence-electron chi connectivity index (χ1n) is 7.02. The topological polar surface area (TPSA) is 12.0 Å². The first-order chi connectivity index (χ1) is 8.28. The number of hydrogen-bond acceptors (Lipinski definition) is 2. The molecule has 0 bridgehead atoms. The van der Waals surface area contributed by atoms with E-state index in [1.165, 1.54) is 50.6 Å². The van der Waals surface area contributed by atoms with E-state index in [1.807, 2.05) is 11.3 Å². The van der Waals surface area contributed by atoms with Crippen molar-refractivity contribution in [3.05, 3.63) is 22.4 Å². The van der Waals surface area contributed by atoms with Gasteiger partial charge in [0, 0.05) is 12.6 Å². The van der Waals surface area contributed by atoms with Gasteiger partial charge in [-0.25, -0.2) is 0 Å². The van der Waals surface area contributed by atoms with Gasteiger partial charge >= 0.3 is 0 Å². The third-order valence-electron chi connectivity index (χ3n) is 4.37. The molecule has 1 aromatic rings. The van der Waals surface area contributed by atoms with Crippen molar-refractivity contribution in [1.82, 2.24) is 5.32 Å². The molecule has 2 rings (SSSR count). The molecule has 1 saturated carbocycles. The molecule has 0 aliphatic heterocycles. The van der Waals surface area contributed by atoms with Gasteiger partial charge in [-0.3, -0.25) is 0 Å². The van der Waals surface area contributed by atoms with E-state index in [0.717, 1.165) is 6.04 Å². The molecule has 0 radical (unpaired) electrons. The summed E-state index contributed by atoms with van der Waals surface area (Å²) in [5.74, 6) is 0. The molecular weight excluding hydrogens is 226 g/mol. The lowest BCUT2D eigenvalue weighted by Crippen LogP contribution is -2.35. The molecule has 1 aromatic heterocycles. The fourth-order valence-corrected chi connectivity index (χ4v) is 3.14. The minimum absolute atomic E-state index is 0.518. The SMILES string of the molecule is CCC(CC)(CCc1ccsc1)CNC1CC1. The molecule has 0 saturated heterocycles. The van der Waals surface area contributed by atoms with Crippen molar-refractivity contribution in [3.8, 4) is 0 Å². The van der Waals surface area contributed by atoms with Crippen LogP contribution in [-0.2, 0) is 6.42 Å². The molecule has 0 amide bonds. The third kappa shape index (κ3) is 3.82. The monoisotopic (exact) mass is 251 g/mol. The molecule has 0 spiro atoms. The molecule has 0 atom stereocenters. The summed E-state index contributed by atoms with van der Waals surface area (Å²) in [7, 11) is 0. The predicted molar refractivity (Wildman–Crippen MR) is 76.7 cm³/mol. The summed E-state index contributed by atoms with van der Waals surface area (Å²) in [6, 6.07) is 3.11. The average Bonchev–Trinajstić information content (AvgIpc) is 3.05. The lowest BCUT2D eigenvalue weighted by molar-refractivity contribution is 0.227. The largest absolute Gasteiger partial charge is 0.313 e. The molecule has 1 aliphatic rings. The van der Waals surface area contributed by atoms with Crippen LogP contribution in [0.15, 0.2) is 16.8 Å². The fourth-order valence-electron chi connectivity index (χ4n) is 2.43. The van der Waals surface area contributed by atoms with Crippen LogP contribution >= 0.6 is 11.3 Å². The molecule has 2 heteroatoms. The molecule has 1 N–H and O–H groups in total. The van der Waals surface area contributed by atoms with E-state index in [-0.39, 0.29) is 0 Å². The Kier molecular flexibility index (Phi) is 4.63. The van der Waals surface area contributed by atoms with Crippen molar-refractivity contribution < 1.29 is 0 Å². The second kappa shape index (κ2) is 6.01. The van der Waals surface area contributed by atoms with E-state index < -0.39 is 0 Å². The molecule has 96 valence electrons. The van der Waals surface area contributed by atoms with Crippen LogP contribution in [-0.4, -0.2) is 12.6 Å². The van der Waals surface area contributed by atoms with Crippen molar-refractivity contribution in [2.75, 3.05) is 6.54 Å². The molecule has 17 heavy (non-hydrogen) atoms. The molecule has 1 aliphatic carbocycles. The fraction of sp³-hybridized carbons (Fsp3) is 0.733. The zero-order valence-electron chi connectivity index (χ0n) is 11.2. The molecule has 1 nitrogen and oxygen atoms in total. The lowest BCUT2D eigenvalue weighted by Gasteiger charge is -2.32. The first-order valence-corrected chi connectivity index (χ1v) is 7.97. The normalized spacial score (nSPS) is 16.4. The molecule has 0 unspecified atom stereocenters. The van der Waals surface area contributed by atoms with Crippen LogP contribution in [0.25, 0.3) is 0 Å². The van der Waals surface area contributed by atoms with Gasteiger partial charge < -0.3 is 5.32 Å². The summed E-state index contributed by atoms with van der Waals surface area (Å²) in [5, 5.41) is 8.22. The van der Waals surface area contributed by atoms with Gasteiger partial charge in [0.15, 0.2) is 0 Å². The van der Waals surface area contributed by atoms with Crippen LogP contribution < -0.4 is 5.32 Å². The van der Waals surface area contributed by atoms with E-state index in [9.17, 15) is 0 Å². The van der Waals surface area contributed by atoms with Crippen molar-refractivity contribution >= 4 is 11.3 Å². The van der Waals surface area contributed by atoms with Crippen LogP contribution in [0.2, 0.25) is 0 Å². The second-order valence-corrected chi connectivity index (χ2v) is 6.27. The van der Waals surface area contributed by atoms with Gasteiger partial charge in [-0.1, -0.05) is 13.8 Å². The highest BCUT2D eigenvalue weighted by atomic mass is 32.1. The van der Waals surface area contributed by atoms with Crippen molar-refractivity contribution in [2.24, 2.45) is 5.41 Å². The standard InChI is InChI=1S/C15H25NS/c1-3-15(4-2,12-16-14-5-6-14)9-7-13-8-10-17-11-13/h8,10-11,14,16H,3-7,9,12H2,1-2H3. The zero-order valence-corrected chi connectivity index (χ0v) is 12.0. The van der Waals surface area contributed by atoms with Crippen LogP contribution in [0, 0.1) is 5.41 Å². The van der Waals surface area contributed by atoms with Gasteiger partial charge in [-0.2, -0.15) is 11.3 Å². The Morgan fingerprint density at radius 3 is 2.65 bits per heavy atom. The van der Waals surface area contributed by atoms with Crippen LogP contribution in [0.1, 0.15) is 51.5 Å². The maximum atomic E-state index is 3.73. The molecule has 0 aromatic carbocycles. The maximum Gasteiger partial charge on any atom is 0.00684 e. The lowest BCUT2D eigenvalue weighted by atomic mass is 9.77. The van der Waals surface area contributed by atoms with Crippen molar-refractivity contribution in [2.45, 2.75) is 58.4 Å². The zero-order chi connectivity index (χ0) is 12.1. The summed E-state index contributed by atoms with van der Waals surface area (Å²) in [4.78, 5) is 0. The minimum atomic E-state index is 0.518. The van der Waals surface area contributed by atoms with Crippen LogP contribution in [0.5, 0.6) is 0 Å². The van der Waals surface area contributed by atoms with Gasteiger partial charge in [0.2, 0.25) is 0 Å². The predicted octanol–water partition coefficient (Wildman–Crippen LogP) is 4.24. The van der Waals surface area contributed by atoms with E-state index in [4.69, 9.17) is 0 Å². The Labute approximate surface area is 110 Å². The summed E-state index contributed by atoms with van der Waals surface area (Å²) < 4.78 is 0. The second-order valence-electron chi connectivity index (χ2n) is 5.49. The Bertz CT molecular complexity index is 310. The third-order valence-corrected chi connectivity index (χ3v) is 5.10. The highest BCUT2D eigenvalue weighted by Crippen LogP contribution is 2.33. The van der Waals surface area contributed by atoms with Gasteiger partial charge in [0.1, 0.15) is 0 Å². The van der Waals surface area contributed by atoms with Gasteiger partial charge in [-0.05, 0) is 66.3 Å². The molecule has 1 heterocycles. The molecule has 1 fully saturated rings. The maximum absolute atomic E-state index is 3.73. The van der Waals surface area contributed by atoms with E-state index in [2.05, 4.69) is 36.0 Å². The smallest absolute Gasteiger partial charge is 0.00684 e. The summed E-state index contributed by atoms with van der Waals surface area (Å²) in [6.45, 7) is 5.92. The summed E-state index contributed by atoms with van der Waals surface area (Å²) >= 11 is 1.82. The Morgan fingerprint density at radius 1 is 1.35 bits per heavy atom. The number of nitrogens with one attached hydrogen (secondary N) is 1. The van der Waals surface area contributed by atoms with Crippen LogP contribution in [0.4, 0.5) is 0 Å². The summed E-state index contributed by atoms with van der Waals surface area (Å²) in [6.07, 6.45) is 7.97. The Hall–Kier alpha value is -0.340. The van der Waals surface area contributed by atoms with Crippen molar-refractivity contribution in [1.29, 1.82) is 0 Å². The first kappa shape index (κ1) is 13.1. The van der Waals surface area contributed by atoms with E-state index in [1.54, 1.807) is 0 Å². The van der Waals surface area contributed by atoms with Crippen LogP contribution in [0.3, 0.4) is 0 Å². The number of thiophene rings is 1. The van der Waals surface area contributed by atoms with Gasteiger partial charge in [-0.15, -0.1) is 0 Å². The molecular formula is C15H25NS. The van der Waals surface area contributed by atoms with Gasteiger partial charge in [0.05, 0.1) is 0 Å². The Balaban J connectivity index is 1.84.